The van der Waals surface area contributed by atoms with Crippen LogP contribution < -0.4 is 0 Å². The zero-order valence-corrected chi connectivity index (χ0v) is 10.8. The number of hydrogen-bond donors (Lipinski definition) is 0. The van der Waals surface area contributed by atoms with Crippen LogP contribution in [0.15, 0.2) is 29.8 Å². The first kappa shape index (κ1) is 13.0. The minimum Gasteiger partial charge on any atom is -0.289 e. The van der Waals surface area contributed by atoms with Gasteiger partial charge in [0.2, 0.25) is 0 Å². The molecule has 1 aromatic rings. The molecule has 1 aliphatic carbocycles. The van der Waals surface area contributed by atoms with Crippen LogP contribution in [0, 0.1) is 12.7 Å². The maximum Gasteiger partial charge on any atom is 0.189 e. The first-order chi connectivity index (χ1) is 8.68. The fourth-order valence-electron chi connectivity index (χ4n) is 2.41. The molecule has 0 unspecified atom stereocenters. The van der Waals surface area contributed by atoms with E-state index in [2.05, 4.69) is 0 Å². The van der Waals surface area contributed by atoms with Gasteiger partial charge in [-0.3, -0.25) is 4.79 Å². The maximum absolute atomic E-state index is 13.2. The van der Waals surface area contributed by atoms with E-state index in [0.717, 1.165) is 36.8 Å². The summed E-state index contributed by atoms with van der Waals surface area (Å²) in [7, 11) is 0. The molecule has 0 radical (unpaired) electrons. The molecule has 18 heavy (non-hydrogen) atoms. The molecule has 1 nitrogen and oxygen atoms in total. The number of Topliss-reactive ketones (excluding diaryl/α,β-unsaturated/α-hetero) is 1. The number of halogens is 1. The minimum atomic E-state index is -0.338. The normalized spacial score (nSPS) is 19.6. The van der Waals surface area contributed by atoms with Crippen molar-refractivity contribution in [3.63, 3.8) is 0 Å². The van der Waals surface area contributed by atoms with E-state index in [4.69, 9.17) is 0 Å². The third-order valence-corrected chi connectivity index (χ3v) is 3.53. The Balaban J connectivity index is 2.26. The van der Waals surface area contributed by atoms with E-state index in [-0.39, 0.29) is 11.6 Å². The Labute approximate surface area is 108 Å². The standard InChI is InChI=1S/C16H19FO/c1-12-9-10-14(17)11-15(12)16(18)13-7-5-3-2-4-6-8-13/h7,9-11H,2-6,8H2,1H3/b13-7+. The number of allylic oxidation sites excluding steroid dienone is 2. The smallest absolute Gasteiger partial charge is 0.189 e. The molecule has 2 rings (SSSR count). The van der Waals surface area contributed by atoms with E-state index >= 15 is 0 Å². The van der Waals surface area contributed by atoms with Gasteiger partial charge in [0.25, 0.3) is 0 Å². The third-order valence-electron chi connectivity index (χ3n) is 3.53. The fourth-order valence-corrected chi connectivity index (χ4v) is 2.41. The monoisotopic (exact) mass is 246 g/mol. The molecular weight excluding hydrogens is 227 g/mol. The second-order valence-corrected chi connectivity index (χ2v) is 4.97. The first-order valence-electron chi connectivity index (χ1n) is 6.68. The molecule has 0 saturated carbocycles. The Morgan fingerprint density at radius 3 is 2.78 bits per heavy atom. The summed E-state index contributed by atoms with van der Waals surface area (Å²) in [4.78, 5) is 12.4. The summed E-state index contributed by atoms with van der Waals surface area (Å²) in [5.41, 5.74) is 2.23. The van der Waals surface area contributed by atoms with Crippen LogP contribution in [0.5, 0.6) is 0 Å². The van der Waals surface area contributed by atoms with Gasteiger partial charge in [0.15, 0.2) is 5.78 Å². The van der Waals surface area contributed by atoms with Crippen LogP contribution in [-0.4, -0.2) is 5.78 Å². The summed E-state index contributed by atoms with van der Waals surface area (Å²) in [5.74, 6) is -0.329. The van der Waals surface area contributed by atoms with Gasteiger partial charge in [0.1, 0.15) is 5.82 Å². The van der Waals surface area contributed by atoms with Gasteiger partial charge in [0, 0.05) is 5.56 Å². The topological polar surface area (TPSA) is 17.1 Å². The number of benzene rings is 1. The van der Waals surface area contributed by atoms with Crippen LogP contribution >= 0.6 is 0 Å². The highest BCUT2D eigenvalue weighted by molar-refractivity contribution is 6.09. The van der Waals surface area contributed by atoms with Gasteiger partial charge in [-0.15, -0.1) is 0 Å². The number of carbonyl (C=O) groups excluding carboxylic acids is 1. The first-order valence-corrected chi connectivity index (χ1v) is 6.68. The van der Waals surface area contributed by atoms with Crippen molar-refractivity contribution in [3.05, 3.63) is 46.8 Å². The van der Waals surface area contributed by atoms with E-state index in [1.54, 1.807) is 6.07 Å². The Morgan fingerprint density at radius 1 is 1.17 bits per heavy atom. The molecule has 0 spiro atoms. The van der Waals surface area contributed by atoms with E-state index < -0.39 is 0 Å². The van der Waals surface area contributed by atoms with Crippen molar-refractivity contribution < 1.29 is 9.18 Å². The average Bonchev–Trinajstić information content (AvgIpc) is 2.31. The van der Waals surface area contributed by atoms with Crippen LogP contribution in [0.1, 0.15) is 54.4 Å². The molecule has 0 amide bonds. The SMILES string of the molecule is Cc1ccc(F)cc1C(=O)/C1=C/CCCCCC1. The lowest BCUT2D eigenvalue weighted by molar-refractivity contribution is 0.102. The Hall–Kier alpha value is -1.44. The summed E-state index contributed by atoms with van der Waals surface area (Å²) in [6.07, 6.45) is 8.49. The Morgan fingerprint density at radius 2 is 1.94 bits per heavy atom. The van der Waals surface area contributed by atoms with Crippen molar-refractivity contribution in [1.29, 1.82) is 0 Å². The largest absolute Gasteiger partial charge is 0.289 e. The van der Waals surface area contributed by atoms with Gasteiger partial charge < -0.3 is 0 Å². The molecule has 0 N–H and O–H groups in total. The summed E-state index contributed by atoms with van der Waals surface area (Å²) in [6.45, 7) is 1.86. The van der Waals surface area contributed by atoms with E-state index in [9.17, 15) is 9.18 Å². The molecule has 96 valence electrons. The van der Waals surface area contributed by atoms with Gasteiger partial charge in [-0.2, -0.15) is 0 Å². The van der Waals surface area contributed by atoms with E-state index in [1.165, 1.54) is 25.0 Å². The van der Waals surface area contributed by atoms with E-state index in [1.807, 2.05) is 13.0 Å². The molecule has 0 atom stereocenters. The van der Waals surface area contributed by atoms with Crippen molar-refractivity contribution in [1.82, 2.24) is 0 Å². The number of ketones is 1. The molecule has 0 saturated heterocycles. The molecular formula is C16H19FO. The second-order valence-electron chi connectivity index (χ2n) is 4.97. The van der Waals surface area contributed by atoms with Crippen LogP contribution in [0.4, 0.5) is 4.39 Å². The second kappa shape index (κ2) is 5.94. The van der Waals surface area contributed by atoms with Gasteiger partial charge in [0.05, 0.1) is 0 Å². The van der Waals surface area contributed by atoms with Gasteiger partial charge in [-0.05, 0) is 55.9 Å². The number of hydrogen-bond acceptors (Lipinski definition) is 1. The molecule has 2 heteroatoms. The number of aryl methyl sites for hydroxylation is 1. The third kappa shape index (κ3) is 3.06. The molecule has 1 aromatic carbocycles. The lowest BCUT2D eigenvalue weighted by atomic mass is 9.92. The summed E-state index contributed by atoms with van der Waals surface area (Å²) in [5, 5.41) is 0. The van der Waals surface area contributed by atoms with Crippen LogP contribution in [0.2, 0.25) is 0 Å². The average molecular weight is 246 g/mol. The van der Waals surface area contributed by atoms with Crippen LogP contribution in [0.25, 0.3) is 0 Å². The zero-order chi connectivity index (χ0) is 13.0. The minimum absolute atomic E-state index is 0.00824. The maximum atomic E-state index is 13.2. The Kier molecular flexibility index (Phi) is 4.29. The highest BCUT2D eigenvalue weighted by Crippen LogP contribution is 2.22. The summed E-state index contributed by atoms with van der Waals surface area (Å²) in [6, 6.07) is 4.43. The molecule has 0 aliphatic heterocycles. The predicted molar refractivity (Wildman–Crippen MR) is 71.3 cm³/mol. The lowest BCUT2D eigenvalue weighted by Crippen LogP contribution is -2.07. The highest BCUT2D eigenvalue weighted by Gasteiger charge is 2.15. The number of carbonyl (C=O) groups is 1. The molecule has 0 bridgehead atoms. The number of rotatable bonds is 2. The van der Waals surface area contributed by atoms with Crippen LogP contribution in [0.3, 0.4) is 0 Å². The van der Waals surface area contributed by atoms with Crippen molar-refractivity contribution in [2.75, 3.05) is 0 Å². The molecule has 0 fully saturated rings. The van der Waals surface area contributed by atoms with Crippen molar-refractivity contribution in [2.45, 2.75) is 45.4 Å². The van der Waals surface area contributed by atoms with Crippen LogP contribution in [-0.2, 0) is 0 Å². The molecule has 1 aliphatic rings. The van der Waals surface area contributed by atoms with Crippen molar-refractivity contribution >= 4 is 5.78 Å². The zero-order valence-electron chi connectivity index (χ0n) is 10.8. The fraction of sp³-hybridized carbons (Fsp3) is 0.438. The van der Waals surface area contributed by atoms with Crippen molar-refractivity contribution in [2.24, 2.45) is 0 Å². The van der Waals surface area contributed by atoms with Gasteiger partial charge in [-0.25, -0.2) is 4.39 Å². The van der Waals surface area contributed by atoms with E-state index in [0.29, 0.717) is 5.56 Å². The summed E-state index contributed by atoms with van der Waals surface area (Å²) < 4.78 is 13.2. The van der Waals surface area contributed by atoms with Gasteiger partial charge >= 0.3 is 0 Å². The molecule has 0 heterocycles. The predicted octanol–water partition coefficient (Wildman–Crippen LogP) is 4.60. The molecule has 0 aromatic heterocycles. The summed E-state index contributed by atoms with van der Waals surface area (Å²) >= 11 is 0. The quantitative estimate of drug-likeness (QED) is 0.697. The Bertz CT molecular complexity index is 474. The highest BCUT2D eigenvalue weighted by atomic mass is 19.1. The van der Waals surface area contributed by atoms with Gasteiger partial charge in [-0.1, -0.05) is 25.0 Å². The van der Waals surface area contributed by atoms with Crippen molar-refractivity contribution in [3.8, 4) is 0 Å². The lowest BCUT2D eigenvalue weighted by Gasteiger charge is -2.12.